The fourth-order valence-corrected chi connectivity index (χ4v) is 2.39. The minimum atomic E-state index is -0.404. The smallest absolute Gasteiger partial charge is 0.231 e. The van der Waals surface area contributed by atoms with Crippen LogP contribution in [0.15, 0.2) is 18.2 Å². The van der Waals surface area contributed by atoms with E-state index in [0.29, 0.717) is 13.1 Å². The first-order valence-electron chi connectivity index (χ1n) is 6.93. The largest absolute Gasteiger partial charge is 0.454 e. The topological polar surface area (TPSA) is 63.2 Å². The Morgan fingerprint density at radius 1 is 1.20 bits per heavy atom. The van der Waals surface area contributed by atoms with E-state index in [1.54, 1.807) is 0 Å². The van der Waals surface area contributed by atoms with Crippen LogP contribution in [0.2, 0.25) is 0 Å². The highest BCUT2D eigenvalue weighted by Gasteiger charge is 2.16. The van der Waals surface area contributed by atoms with E-state index < -0.39 is 6.10 Å². The second-order valence-corrected chi connectivity index (χ2v) is 5.02. The predicted molar refractivity (Wildman–Crippen MR) is 74.3 cm³/mol. The summed E-state index contributed by atoms with van der Waals surface area (Å²) in [4.78, 5) is 2.22. The number of morpholine rings is 1. The summed E-state index contributed by atoms with van der Waals surface area (Å²) in [6, 6.07) is 5.69. The Bertz CT molecular complexity index is 449. The van der Waals surface area contributed by atoms with Crippen molar-refractivity contribution in [1.29, 1.82) is 0 Å². The highest BCUT2D eigenvalue weighted by Crippen LogP contribution is 2.34. The van der Waals surface area contributed by atoms with E-state index in [-0.39, 0.29) is 6.79 Å². The maximum absolute atomic E-state index is 10.1. The van der Waals surface area contributed by atoms with Gasteiger partial charge in [-0.1, -0.05) is 0 Å². The highest BCUT2D eigenvalue weighted by atomic mass is 16.7. The van der Waals surface area contributed by atoms with Crippen LogP contribution < -0.4 is 14.8 Å². The molecule has 0 amide bonds. The fraction of sp³-hybridized carbons (Fsp3) is 0.571. The van der Waals surface area contributed by atoms with Crippen molar-refractivity contribution in [2.75, 3.05) is 51.5 Å². The van der Waals surface area contributed by atoms with Gasteiger partial charge in [0, 0.05) is 37.9 Å². The van der Waals surface area contributed by atoms with Crippen molar-refractivity contribution < 1.29 is 19.3 Å². The molecule has 6 heteroatoms. The van der Waals surface area contributed by atoms with Crippen molar-refractivity contribution in [3.8, 4) is 11.5 Å². The fourth-order valence-electron chi connectivity index (χ4n) is 2.39. The lowest BCUT2D eigenvalue weighted by Gasteiger charge is -2.28. The van der Waals surface area contributed by atoms with Gasteiger partial charge in [0.1, 0.15) is 0 Å². The zero-order valence-corrected chi connectivity index (χ0v) is 11.4. The summed E-state index contributed by atoms with van der Waals surface area (Å²) < 4.78 is 15.9. The second kappa shape index (κ2) is 6.30. The van der Waals surface area contributed by atoms with Gasteiger partial charge >= 0.3 is 0 Å². The summed E-state index contributed by atoms with van der Waals surface area (Å²) in [6.45, 7) is 4.74. The van der Waals surface area contributed by atoms with E-state index >= 15 is 0 Å². The molecule has 6 nitrogen and oxygen atoms in total. The molecule has 2 aliphatic rings. The number of aliphatic hydroxyl groups is 1. The van der Waals surface area contributed by atoms with E-state index in [1.165, 1.54) is 0 Å². The molecule has 0 spiro atoms. The molecule has 20 heavy (non-hydrogen) atoms. The third-order valence-corrected chi connectivity index (χ3v) is 3.49. The molecule has 0 aromatic heterocycles. The molecule has 0 saturated carbocycles. The van der Waals surface area contributed by atoms with Gasteiger partial charge in [0.15, 0.2) is 11.5 Å². The number of nitrogens with one attached hydrogen (secondary N) is 1. The summed E-state index contributed by atoms with van der Waals surface area (Å²) in [5.41, 5.74) is 0.926. The van der Waals surface area contributed by atoms with Crippen LogP contribution in [0.25, 0.3) is 0 Å². The van der Waals surface area contributed by atoms with Gasteiger partial charge in [-0.15, -0.1) is 0 Å². The maximum Gasteiger partial charge on any atom is 0.231 e. The molecule has 110 valence electrons. The zero-order chi connectivity index (χ0) is 13.8. The quantitative estimate of drug-likeness (QED) is 0.820. The first-order valence-corrected chi connectivity index (χ1v) is 6.93. The average molecular weight is 280 g/mol. The van der Waals surface area contributed by atoms with Crippen LogP contribution in [0, 0.1) is 0 Å². The number of hydrogen-bond donors (Lipinski definition) is 2. The number of hydrogen-bond acceptors (Lipinski definition) is 6. The van der Waals surface area contributed by atoms with Crippen LogP contribution in [-0.4, -0.2) is 62.3 Å². The molecule has 1 unspecified atom stereocenters. The van der Waals surface area contributed by atoms with Gasteiger partial charge in [0.05, 0.1) is 19.3 Å². The summed E-state index contributed by atoms with van der Waals surface area (Å²) in [6.07, 6.45) is -0.404. The molecule has 1 fully saturated rings. The molecule has 3 rings (SSSR count). The first kappa shape index (κ1) is 13.5. The molecule has 1 saturated heterocycles. The van der Waals surface area contributed by atoms with Crippen LogP contribution in [0.4, 0.5) is 5.69 Å². The number of benzene rings is 1. The number of rotatable bonds is 5. The third-order valence-electron chi connectivity index (χ3n) is 3.49. The van der Waals surface area contributed by atoms with Crippen molar-refractivity contribution in [2.24, 2.45) is 0 Å². The lowest BCUT2D eigenvalue weighted by molar-refractivity contribution is 0.0171. The molecular weight excluding hydrogens is 260 g/mol. The van der Waals surface area contributed by atoms with Gasteiger partial charge in [-0.3, -0.25) is 4.90 Å². The van der Waals surface area contributed by atoms with Crippen molar-refractivity contribution in [3.63, 3.8) is 0 Å². The first-order chi connectivity index (χ1) is 9.81. The average Bonchev–Trinajstić information content (AvgIpc) is 2.93. The monoisotopic (exact) mass is 280 g/mol. The van der Waals surface area contributed by atoms with Crippen molar-refractivity contribution in [3.05, 3.63) is 18.2 Å². The molecule has 1 aromatic carbocycles. The molecule has 0 aliphatic carbocycles. The lowest BCUT2D eigenvalue weighted by atomic mass is 10.2. The number of anilines is 1. The minimum Gasteiger partial charge on any atom is -0.454 e. The molecule has 1 atom stereocenters. The lowest BCUT2D eigenvalue weighted by Crippen LogP contribution is -2.42. The Morgan fingerprint density at radius 3 is 2.85 bits per heavy atom. The molecule has 0 bridgehead atoms. The summed E-state index contributed by atoms with van der Waals surface area (Å²) in [7, 11) is 0. The van der Waals surface area contributed by atoms with Crippen LogP contribution in [0.5, 0.6) is 11.5 Å². The molecule has 1 aromatic rings. The van der Waals surface area contributed by atoms with E-state index in [0.717, 1.165) is 43.5 Å². The zero-order valence-electron chi connectivity index (χ0n) is 11.4. The highest BCUT2D eigenvalue weighted by molar-refractivity contribution is 5.55. The summed E-state index contributed by atoms with van der Waals surface area (Å²) >= 11 is 0. The predicted octanol–water partition coefficient (Wildman–Crippen LogP) is 0.520. The van der Waals surface area contributed by atoms with Gasteiger partial charge in [0.2, 0.25) is 6.79 Å². The molecule has 2 aliphatic heterocycles. The number of fused-ring (bicyclic) bond motifs is 1. The SMILES string of the molecule is OC(CNc1ccc2c(c1)OCO2)CN1CCOCC1. The van der Waals surface area contributed by atoms with E-state index in [9.17, 15) is 5.11 Å². The number of aliphatic hydroxyl groups excluding tert-OH is 1. The number of β-amino-alcohol motifs (C(OH)–C–C–N with tert-alkyl or cyclic N) is 1. The van der Waals surface area contributed by atoms with Crippen LogP contribution in [0.3, 0.4) is 0 Å². The second-order valence-electron chi connectivity index (χ2n) is 5.02. The van der Waals surface area contributed by atoms with Crippen molar-refractivity contribution in [1.82, 2.24) is 4.90 Å². The van der Waals surface area contributed by atoms with E-state index in [2.05, 4.69) is 10.2 Å². The minimum absolute atomic E-state index is 0.276. The molecular formula is C14H20N2O4. The van der Waals surface area contributed by atoms with Gasteiger partial charge < -0.3 is 24.6 Å². The van der Waals surface area contributed by atoms with Crippen LogP contribution >= 0.6 is 0 Å². The Labute approximate surface area is 118 Å². The van der Waals surface area contributed by atoms with Gasteiger partial charge in [-0.25, -0.2) is 0 Å². The van der Waals surface area contributed by atoms with Crippen LogP contribution in [0.1, 0.15) is 0 Å². The Hall–Kier alpha value is -1.50. The summed E-state index contributed by atoms with van der Waals surface area (Å²) in [5, 5.41) is 13.3. The Morgan fingerprint density at radius 2 is 2.00 bits per heavy atom. The molecule has 2 heterocycles. The van der Waals surface area contributed by atoms with Gasteiger partial charge in [0.25, 0.3) is 0 Å². The third kappa shape index (κ3) is 3.33. The van der Waals surface area contributed by atoms with Crippen molar-refractivity contribution >= 4 is 5.69 Å². The Kier molecular flexibility index (Phi) is 4.25. The number of nitrogens with zero attached hydrogens (tertiary/aromatic N) is 1. The van der Waals surface area contributed by atoms with E-state index in [4.69, 9.17) is 14.2 Å². The van der Waals surface area contributed by atoms with Crippen LogP contribution in [-0.2, 0) is 4.74 Å². The van der Waals surface area contributed by atoms with E-state index in [1.807, 2.05) is 18.2 Å². The molecule has 2 N–H and O–H groups in total. The van der Waals surface area contributed by atoms with Gasteiger partial charge in [-0.2, -0.15) is 0 Å². The normalized spacial score (nSPS) is 19.9. The summed E-state index contributed by atoms with van der Waals surface area (Å²) in [5.74, 6) is 1.52. The van der Waals surface area contributed by atoms with Gasteiger partial charge in [-0.05, 0) is 12.1 Å². The standard InChI is InChI=1S/C14H20N2O4/c17-12(9-16-3-5-18-6-4-16)8-15-11-1-2-13-14(7-11)20-10-19-13/h1-2,7,12,15,17H,3-6,8-10H2. The number of ether oxygens (including phenoxy) is 3. The van der Waals surface area contributed by atoms with Crippen molar-refractivity contribution in [2.45, 2.75) is 6.10 Å². The Balaban J connectivity index is 1.46. The molecule has 0 radical (unpaired) electrons. The maximum atomic E-state index is 10.1.